The molecular formula is C10H16N2O2S. The Morgan fingerprint density at radius 1 is 1.20 bits per heavy atom. The molecule has 1 aromatic rings. The molecule has 0 spiro atoms. The van der Waals surface area contributed by atoms with Crippen molar-refractivity contribution < 1.29 is 8.42 Å². The van der Waals surface area contributed by atoms with Gasteiger partial charge in [0, 0.05) is 13.1 Å². The summed E-state index contributed by atoms with van der Waals surface area (Å²) < 4.78 is 26.3. The Balaban J connectivity index is 3.15. The number of benzene rings is 1. The van der Waals surface area contributed by atoms with Crippen LogP contribution in [-0.4, -0.2) is 21.5 Å². The van der Waals surface area contributed by atoms with E-state index in [2.05, 4.69) is 10.0 Å². The van der Waals surface area contributed by atoms with E-state index in [0.29, 0.717) is 5.69 Å². The van der Waals surface area contributed by atoms with Crippen molar-refractivity contribution in [3.05, 3.63) is 24.3 Å². The summed E-state index contributed by atoms with van der Waals surface area (Å²) in [6, 6.07) is 6.70. The first-order chi connectivity index (χ1) is 6.97. The van der Waals surface area contributed by atoms with Gasteiger partial charge in [-0.15, -0.1) is 0 Å². The van der Waals surface area contributed by atoms with Gasteiger partial charge in [-0.3, -0.25) is 0 Å². The lowest BCUT2D eigenvalue weighted by Gasteiger charge is -2.12. The third kappa shape index (κ3) is 2.94. The van der Waals surface area contributed by atoms with Gasteiger partial charge in [-0.05, 0) is 26.0 Å². The van der Waals surface area contributed by atoms with Crippen molar-refractivity contribution in [2.75, 3.05) is 12.4 Å². The zero-order valence-electron chi connectivity index (χ0n) is 9.11. The zero-order chi connectivity index (χ0) is 11.5. The number of hydrogen-bond donors (Lipinski definition) is 2. The second-order valence-electron chi connectivity index (χ2n) is 3.52. The van der Waals surface area contributed by atoms with Gasteiger partial charge in [0.1, 0.15) is 4.90 Å². The molecule has 15 heavy (non-hydrogen) atoms. The summed E-state index contributed by atoms with van der Waals surface area (Å²) in [6.07, 6.45) is 0. The smallest absolute Gasteiger partial charge is 0.242 e. The topological polar surface area (TPSA) is 58.2 Å². The van der Waals surface area contributed by atoms with E-state index >= 15 is 0 Å². The standard InChI is InChI=1S/C10H16N2O2S/c1-8(2)12-15(13,14)10-7-5-4-6-9(10)11-3/h4-8,11-12H,1-3H3. The molecule has 0 heterocycles. The van der Waals surface area contributed by atoms with Crippen LogP contribution in [0.3, 0.4) is 0 Å². The van der Waals surface area contributed by atoms with Gasteiger partial charge in [0.25, 0.3) is 0 Å². The largest absolute Gasteiger partial charge is 0.387 e. The van der Waals surface area contributed by atoms with E-state index in [1.165, 1.54) is 0 Å². The number of anilines is 1. The molecule has 0 radical (unpaired) electrons. The second kappa shape index (κ2) is 4.63. The van der Waals surface area contributed by atoms with Crippen LogP contribution in [0.1, 0.15) is 13.8 Å². The fraction of sp³-hybridized carbons (Fsp3) is 0.400. The Hall–Kier alpha value is -1.07. The van der Waals surface area contributed by atoms with Gasteiger partial charge in [0.05, 0.1) is 5.69 Å². The quantitative estimate of drug-likeness (QED) is 0.819. The predicted molar refractivity (Wildman–Crippen MR) is 61.4 cm³/mol. The predicted octanol–water partition coefficient (Wildman–Crippen LogP) is 1.41. The van der Waals surface area contributed by atoms with Gasteiger partial charge in [-0.1, -0.05) is 12.1 Å². The molecule has 0 unspecified atom stereocenters. The van der Waals surface area contributed by atoms with Crippen molar-refractivity contribution in [2.45, 2.75) is 24.8 Å². The molecule has 1 rings (SSSR count). The van der Waals surface area contributed by atoms with E-state index < -0.39 is 10.0 Å². The fourth-order valence-corrected chi connectivity index (χ4v) is 2.75. The van der Waals surface area contributed by atoms with Crippen LogP contribution < -0.4 is 10.0 Å². The van der Waals surface area contributed by atoms with E-state index in [9.17, 15) is 8.42 Å². The minimum Gasteiger partial charge on any atom is -0.387 e. The summed E-state index contributed by atoms with van der Waals surface area (Å²) in [7, 11) is -1.72. The van der Waals surface area contributed by atoms with Gasteiger partial charge >= 0.3 is 0 Å². The van der Waals surface area contributed by atoms with E-state index in [1.807, 2.05) is 0 Å². The third-order valence-electron chi connectivity index (χ3n) is 1.84. The molecule has 0 aliphatic rings. The van der Waals surface area contributed by atoms with E-state index in [4.69, 9.17) is 0 Å². The third-order valence-corrected chi connectivity index (χ3v) is 3.55. The van der Waals surface area contributed by atoms with Crippen LogP contribution in [0.25, 0.3) is 0 Å². The molecule has 0 aliphatic carbocycles. The SMILES string of the molecule is CNc1ccccc1S(=O)(=O)NC(C)C. The highest BCUT2D eigenvalue weighted by Gasteiger charge is 2.18. The van der Waals surface area contributed by atoms with Crippen molar-refractivity contribution in [3.8, 4) is 0 Å². The zero-order valence-corrected chi connectivity index (χ0v) is 9.93. The minimum absolute atomic E-state index is 0.111. The molecule has 0 saturated carbocycles. The van der Waals surface area contributed by atoms with Gasteiger partial charge in [0.2, 0.25) is 10.0 Å². The highest BCUT2D eigenvalue weighted by atomic mass is 32.2. The molecule has 5 heteroatoms. The van der Waals surface area contributed by atoms with Crippen LogP contribution >= 0.6 is 0 Å². The fourth-order valence-electron chi connectivity index (χ4n) is 1.28. The Kier molecular flexibility index (Phi) is 3.71. The van der Waals surface area contributed by atoms with Gasteiger partial charge in [-0.25, -0.2) is 13.1 Å². The first-order valence-corrected chi connectivity index (χ1v) is 6.25. The molecule has 0 aliphatic heterocycles. The van der Waals surface area contributed by atoms with Crippen LogP contribution in [0.5, 0.6) is 0 Å². The van der Waals surface area contributed by atoms with E-state index in [0.717, 1.165) is 0 Å². The van der Waals surface area contributed by atoms with Gasteiger partial charge in [0.15, 0.2) is 0 Å². The minimum atomic E-state index is -3.41. The first-order valence-electron chi connectivity index (χ1n) is 4.76. The second-order valence-corrected chi connectivity index (χ2v) is 5.20. The summed E-state index contributed by atoms with van der Waals surface area (Å²) in [4.78, 5) is 0.279. The normalized spacial score (nSPS) is 11.7. The molecule has 0 fully saturated rings. The van der Waals surface area contributed by atoms with E-state index in [-0.39, 0.29) is 10.9 Å². The average molecular weight is 228 g/mol. The monoisotopic (exact) mass is 228 g/mol. The van der Waals surface area contributed by atoms with Gasteiger partial charge < -0.3 is 5.32 Å². The highest BCUT2D eigenvalue weighted by molar-refractivity contribution is 7.89. The van der Waals surface area contributed by atoms with Crippen molar-refractivity contribution in [3.63, 3.8) is 0 Å². The molecule has 1 aromatic carbocycles. The molecule has 0 bridgehead atoms. The van der Waals surface area contributed by atoms with Crippen LogP contribution in [0.4, 0.5) is 5.69 Å². The van der Waals surface area contributed by atoms with Crippen LogP contribution in [0.2, 0.25) is 0 Å². The summed E-state index contributed by atoms with van der Waals surface area (Å²) in [5.74, 6) is 0. The molecular weight excluding hydrogens is 212 g/mol. The number of hydrogen-bond acceptors (Lipinski definition) is 3. The van der Waals surface area contributed by atoms with Gasteiger partial charge in [-0.2, -0.15) is 0 Å². The molecule has 4 nitrogen and oxygen atoms in total. The maximum absolute atomic E-state index is 11.9. The van der Waals surface area contributed by atoms with Crippen molar-refractivity contribution >= 4 is 15.7 Å². The van der Waals surface area contributed by atoms with Crippen molar-refractivity contribution in [1.29, 1.82) is 0 Å². The summed E-state index contributed by atoms with van der Waals surface area (Å²) in [6.45, 7) is 3.58. The Bertz CT molecular complexity index is 427. The summed E-state index contributed by atoms with van der Waals surface area (Å²) in [5, 5.41) is 2.86. The molecule has 0 atom stereocenters. The van der Waals surface area contributed by atoms with Crippen molar-refractivity contribution in [2.24, 2.45) is 0 Å². The van der Waals surface area contributed by atoms with Crippen molar-refractivity contribution in [1.82, 2.24) is 4.72 Å². The Labute approximate surface area is 90.8 Å². The summed E-state index contributed by atoms with van der Waals surface area (Å²) in [5.41, 5.74) is 0.602. The number of nitrogens with one attached hydrogen (secondary N) is 2. The molecule has 0 saturated heterocycles. The molecule has 0 aromatic heterocycles. The molecule has 2 N–H and O–H groups in total. The number of para-hydroxylation sites is 1. The lowest BCUT2D eigenvalue weighted by atomic mass is 10.3. The maximum Gasteiger partial charge on any atom is 0.242 e. The molecule has 84 valence electrons. The molecule has 0 amide bonds. The Morgan fingerprint density at radius 3 is 2.33 bits per heavy atom. The number of rotatable bonds is 4. The maximum atomic E-state index is 11.9. The summed E-state index contributed by atoms with van der Waals surface area (Å²) >= 11 is 0. The van der Waals surface area contributed by atoms with Crippen LogP contribution in [0.15, 0.2) is 29.2 Å². The van der Waals surface area contributed by atoms with Crippen LogP contribution in [0, 0.1) is 0 Å². The average Bonchev–Trinajstić information content (AvgIpc) is 2.16. The van der Waals surface area contributed by atoms with Crippen LogP contribution in [-0.2, 0) is 10.0 Å². The number of sulfonamides is 1. The Morgan fingerprint density at radius 2 is 1.80 bits per heavy atom. The lowest BCUT2D eigenvalue weighted by molar-refractivity contribution is 0.570. The first kappa shape index (κ1) is 12.0. The van der Waals surface area contributed by atoms with E-state index in [1.54, 1.807) is 45.2 Å². The lowest BCUT2D eigenvalue weighted by Crippen LogP contribution is -2.30. The highest BCUT2D eigenvalue weighted by Crippen LogP contribution is 2.19.